The number of nitrogens with zero attached hydrogens (tertiary/aromatic N) is 1. The fourth-order valence-corrected chi connectivity index (χ4v) is 5.52. The van der Waals surface area contributed by atoms with E-state index in [2.05, 4.69) is 70.0 Å². The Labute approximate surface area is 161 Å². The van der Waals surface area contributed by atoms with E-state index < -0.39 is 19.1 Å². The van der Waals surface area contributed by atoms with Gasteiger partial charge >= 0.3 is 0 Å². The Kier molecular flexibility index (Phi) is 8.43. The first-order valence-corrected chi connectivity index (χ1v) is 14.8. The van der Waals surface area contributed by atoms with Crippen molar-refractivity contribution in [3.8, 4) is 11.5 Å². The van der Waals surface area contributed by atoms with Crippen LogP contribution in [0, 0.1) is 11.5 Å². The van der Waals surface area contributed by atoms with E-state index in [4.69, 9.17) is 0 Å². The van der Waals surface area contributed by atoms with Crippen LogP contribution in [0.4, 0.5) is 0 Å². The molecule has 1 aliphatic rings. The second-order valence-electron chi connectivity index (χ2n) is 9.63. The van der Waals surface area contributed by atoms with E-state index >= 15 is 0 Å². The zero-order chi connectivity index (χ0) is 19.3. The minimum Gasteiger partial charge on any atom is -0.242 e. The zero-order valence-corrected chi connectivity index (χ0v) is 19.8. The Morgan fingerprint density at radius 2 is 1.48 bits per heavy atom. The van der Waals surface area contributed by atoms with Crippen molar-refractivity contribution >= 4 is 19.1 Å². The molecule has 1 unspecified atom stereocenters. The molecular formula is C21H41NOSSi. The van der Waals surface area contributed by atoms with Crippen LogP contribution in [-0.2, 0) is 11.0 Å². The van der Waals surface area contributed by atoms with Crippen LogP contribution < -0.4 is 0 Å². The Hall–Kier alpha value is -0.113. The lowest BCUT2D eigenvalue weighted by Gasteiger charge is -2.23. The smallest absolute Gasteiger partial charge is 0.129 e. The predicted molar refractivity (Wildman–Crippen MR) is 116 cm³/mol. The van der Waals surface area contributed by atoms with Crippen molar-refractivity contribution in [2.45, 2.75) is 122 Å². The maximum atomic E-state index is 13.2. The minimum absolute atomic E-state index is 0.0646. The topological polar surface area (TPSA) is 20.1 Å². The van der Waals surface area contributed by atoms with Crippen LogP contribution >= 0.6 is 0 Å². The summed E-state index contributed by atoms with van der Waals surface area (Å²) in [4.78, 5) is 0. The number of hydrogen-bond donors (Lipinski definition) is 0. The molecule has 1 fully saturated rings. The molecule has 0 amide bonds. The summed E-state index contributed by atoms with van der Waals surface area (Å²) in [6.45, 7) is 17.7. The van der Waals surface area contributed by atoms with Gasteiger partial charge in [0.15, 0.2) is 0 Å². The highest BCUT2D eigenvalue weighted by Gasteiger charge is 2.65. The van der Waals surface area contributed by atoms with Gasteiger partial charge in [0.05, 0.1) is 10.3 Å². The molecule has 2 nitrogen and oxygen atoms in total. The van der Waals surface area contributed by atoms with E-state index in [0.717, 1.165) is 12.8 Å². The first-order chi connectivity index (χ1) is 11.5. The minimum atomic E-state index is -1.42. The van der Waals surface area contributed by atoms with Gasteiger partial charge in [-0.25, -0.2) is 4.21 Å². The molecule has 0 aromatic rings. The number of hydrogen-bond acceptors (Lipinski definition) is 1. The Morgan fingerprint density at radius 1 is 1.00 bits per heavy atom. The van der Waals surface area contributed by atoms with E-state index in [1.54, 1.807) is 0 Å². The molecule has 1 saturated heterocycles. The molecular weight excluding hydrogens is 342 g/mol. The SMILES string of the molecule is CCCCCC1(CCCCC)[C@@H](C#C[Si](C)(C)C)N1[S@](=O)C(C)(C)C. The summed E-state index contributed by atoms with van der Waals surface area (Å²) in [6, 6.07) is 0.202. The highest BCUT2D eigenvalue weighted by Crippen LogP contribution is 2.51. The van der Waals surface area contributed by atoms with Crippen molar-refractivity contribution < 1.29 is 4.21 Å². The van der Waals surface area contributed by atoms with Crippen LogP contribution in [0.15, 0.2) is 0 Å². The predicted octanol–water partition coefficient (Wildman–Crippen LogP) is 5.91. The zero-order valence-electron chi connectivity index (χ0n) is 18.0. The third kappa shape index (κ3) is 6.52. The second-order valence-corrected chi connectivity index (χ2v) is 16.5. The summed E-state index contributed by atoms with van der Waals surface area (Å²) in [7, 11) is -2.39. The maximum absolute atomic E-state index is 13.2. The van der Waals surface area contributed by atoms with Crippen molar-refractivity contribution in [1.29, 1.82) is 0 Å². The summed E-state index contributed by atoms with van der Waals surface area (Å²) in [6.07, 6.45) is 9.75. The molecule has 0 saturated carbocycles. The standard InChI is InChI=1S/C21H41NOSSi/c1-9-11-13-16-21(17-14-12-10-2)19(15-18-25(6,7)8)22(21)24(23)20(3,4)5/h19H,9-14,16-17H2,1-8H3/t19-,22?,24-/m1/s1. The molecule has 25 heavy (non-hydrogen) atoms. The van der Waals surface area contributed by atoms with Gasteiger partial charge in [-0.15, -0.1) is 5.54 Å². The van der Waals surface area contributed by atoms with E-state index in [0.29, 0.717) is 0 Å². The van der Waals surface area contributed by atoms with E-state index in [1.165, 1.54) is 38.5 Å². The van der Waals surface area contributed by atoms with Crippen LogP contribution in [0.3, 0.4) is 0 Å². The molecule has 1 aliphatic heterocycles. The van der Waals surface area contributed by atoms with Crippen molar-refractivity contribution in [3.63, 3.8) is 0 Å². The average molecular weight is 384 g/mol. The van der Waals surface area contributed by atoms with Gasteiger partial charge in [0.2, 0.25) is 0 Å². The molecule has 3 atom stereocenters. The van der Waals surface area contributed by atoms with Gasteiger partial charge in [0, 0.05) is 0 Å². The first-order valence-electron chi connectivity index (χ1n) is 10.2. The van der Waals surface area contributed by atoms with Crippen LogP contribution in [0.2, 0.25) is 19.6 Å². The van der Waals surface area contributed by atoms with Gasteiger partial charge in [-0.3, -0.25) is 0 Å². The fourth-order valence-electron chi connectivity index (χ4n) is 3.36. The molecule has 0 aliphatic carbocycles. The van der Waals surface area contributed by atoms with Crippen molar-refractivity contribution in [3.05, 3.63) is 0 Å². The molecule has 4 heteroatoms. The summed E-state index contributed by atoms with van der Waals surface area (Å²) >= 11 is 0. The van der Waals surface area contributed by atoms with E-state index in [9.17, 15) is 4.21 Å². The van der Waals surface area contributed by atoms with Gasteiger partial charge in [0.25, 0.3) is 0 Å². The van der Waals surface area contributed by atoms with Gasteiger partial charge in [-0.2, -0.15) is 4.31 Å². The molecule has 1 rings (SSSR count). The van der Waals surface area contributed by atoms with Crippen LogP contribution in [0.25, 0.3) is 0 Å². The molecule has 0 N–H and O–H groups in total. The third-order valence-corrected chi connectivity index (χ3v) is 7.70. The summed E-state index contributed by atoms with van der Waals surface area (Å²) in [5, 5.41) is 0. The van der Waals surface area contributed by atoms with Gasteiger partial charge in [-0.05, 0) is 33.6 Å². The third-order valence-electron chi connectivity index (χ3n) is 4.83. The molecule has 0 radical (unpaired) electrons. The lowest BCUT2D eigenvalue weighted by molar-refractivity contribution is 0.418. The van der Waals surface area contributed by atoms with E-state index in [1.807, 2.05) is 0 Å². The van der Waals surface area contributed by atoms with E-state index in [-0.39, 0.29) is 16.3 Å². The highest BCUT2D eigenvalue weighted by atomic mass is 32.2. The Bertz CT molecular complexity index is 497. The fraction of sp³-hybridized carbons (Fsp3) is 0.905. The Balaban J connectivity index is 3.10. The lowest BCUT2D eigenvalue weighted by Crippen LogP contribution is -2.31. The molecule has 0 aromatic carbocycles. The largest absolute Gasteiger partial charge is 0.242 e. The van der Waals surface area contributed by atoms with Gasteiger partial charge in [0.1, 0.15) is 25.1 Å². The lowest BCUT2D eigenvalue weighted by atomic mass is 9.91. The summed E-state index contributed by atoms with van der Waals surface area (Å²) in [5.74, 6) is 3.59. The van der Waals surface area contributed by atoms with Crippen LogP contribution in [0.5, 0.6) is 0 Å². The number of rotatable bonds is 9. The van der Waals surface area contributed by atoms with Crippen LogP contribution in [-0.4, -0.2) is 32.9 Å². The molecule has 1 heterocycles. The van der Waals surface area contributed by atoms with Gasteiger partial charge in [-0.1, -0.05) is 77.9 Å². The molecule has 0 aromatic heterocycles. The molecule has 146 valence electrons. The average Bonchev–Trinajstić information content (AvgIpc) is 3.10. The normalized spacial score (nSPS) is 23.7. The monoisotopic (exact) mass is 383 g/mol. The summed E-state index contributed by atoms with van der Waals surface area (Å²) < 4.78 is 15.3. The highest BCUT2D eigenvalue weighted by molar-refractivity contribution is 7.84. The summed E-state index contributed by atoms with van der Waals surface area (Å²) in [5.41, 5.74) is 3.63. The van der Waals surface area contributed by atoms with Crippen molar-refractivity contribution in [2.24, 2.45) is 0 Å². The van der Waals surface area contributed by atoms with Crippen molar-refractivity contribution in [2.75, 3.05) is 0 Å². The molecule has 0 spiro atoms. The Morgan fingerprint density at radius 3 is 1.84 bits per heavy atom. The quantitative estimate of drug-likeness (QED) is 0.210. The van der Waals surface area contributed by atoms with Crippen LogP contribution in [0.1, 0.15) is 86.0 Å². The van der Waals surface area contributed by atoms with Gasteiger partial charge < -0.3 is 0 Å². The van der Waals surface area contributed by atoms with Crippen molar-refractivity contribution in [1.82, 2.24) is 4.31 Å². The second kappa shape index (κ2) is 9.20. The molecule has 0 bridgehead atoms. The number of unbranched alkanes of at least 4 members (excludes halogenated alkanes) is 4. The maximum Gasteiger partial charge on any atom is 0.129 e. The first kappa shape index (κ1) is 22.9.